The Hall–Kier alpha value is -2.57. The van der Waals surface area contributed by atoms with Crippen LogP contribution in [0.3, 0.4) is 0 Å². The van der Waals surface area contributed by atoms with E-state index in [1.807, 2.05) is 12.1 Å². The summed E-state index contributed by atoms with van der Waals surface area (Å²) in [4.78, 5) is 21.4. The van der Waals surface area contributed by atoms with Crippen LogP contribution in [-0.4, -0.2) is 55.1 Å². The Morgan fingerprint density at radius 1 is 1.17 bits per heavy atom. The Balaban J connectivity index is 1.32. The van der Waals surface area contributed by atoms with Crippen LogP contribution in [0.5, 0.6) is 0 Å². The number of oxime groups is 1. The van der Waals surface area contributed by atoms with Gasteiger partial charge in [-0.3, -0.25) is 9.80 Å². The number of carbonyl (C=O) groups excluding carboxylic acids is 1. The van der Waals surface area contributed by atoms with Crippen molar-refractivity contribution in [2.24, 2.45) is 11.1 Å². The van der Waals surface area contributed by atoms with Crippen LogP contribution in [0.2, 0.25) is 0 Å². The van der Waals surface area contributed by atoms with E-state index in [1.54, 1.807) is 12.1 Å². The summed E-state index contributed by atoms with van der Waals surface area (Å²) in [6.07, 6.45) is 3.25. The number of nitrogens with zero attached hydrogens (tertiary/aromatic N) is 3. The van der Waals surface area contributed by atoms with Gasteiger partial charge in [-0.2, -0.15) is 0 Å². The quantitative estimate of drug-likeness (QED) is 0.398. The van der Waals surface area contributed by atoms with Crippen LogP contribution in [0.1, 0.15) is 35.6 Å². The van der Waals surface area contributed by atoms with Gasteiger partial charge in [-0.25, -0.2) is 4.39 Å². The average Bonchev–Trinajstić information content (AvgIpc) is 3.12. The van der Waals surface area contributed by atoms with Gasteiger partial charge in [0.05, 0.1) is 6.04 Å². The molecule has 1 unspecified atom stereocenters. The van der Waals surface area contributed by atoms with Gasteiger partial charge in [0.25, 0.3) is 0 Å². The van der Waals surface area contributed by atoms with E-state index in [0.717, 1.165) is 62.1 Å². The zero-order valence-electron chi connectivity index (χ0n) is 17.3. The maximum Gasteiger partial charge on any atom is 0.141 e. The van der Waals surface area contributed by atoms with Crippen molar-refractivity contribution in [3.63, 3.8) is 0 Å². The smallest absolute Gasteiger partial charge is 0.141 e. The first-order valence-corrected chi connectivity index (χ1v) is 10.5. The minimum Gasteiger partial charge on any atom is -0.399 e. The van der Waals surface area contributed by atoms with Crippen molar-refractivity contribution in [1.82, 2.24) is 9.80 Å². The summed E-state index contributed by atoms with van der Waals surface area (Å²) in [5, 5.41) is 4.17. The van der Waals surface area contributed by atoms with Gasteiger partial charge >= 0.3 is 0 Å². The highest BCUT2D eigenvalue weighted by molar-refractivity contribution is 6.01. The third kappa shape index (κ3) is 4.60. The number of rotatable bonds is 7. The molecule has 158 valence electrons. The van der Waals surface area contributed by atoms with Gasteiger partial charge in [0, 0.05) is 25.2 Å². The molecule has 0 aliphatic carbocycles. The van der Waals surface area contributed by atoms with Crippen molar-refractivity contribution in [2.75, 3.05) is 33.3 Å². The third-order valence-electron chi connectivity index (χ3n) is 6.22. The number of halogens is 1. The highest BCUT2D eigenvalue weighted by atomic mass is 19.1. The zero-order chi connectivity index (χ0) is 20.9. The predicted octanol–water partition coefficient (Wildman–Crippen LogP) is 3.64. The van der Waals surface area contributed by atoms with Gasteiger partial charge in [0.2, 0.25) is 0 Å². The van der Waals surface area contributed by atoms with Gasteiger partial charge in [-0.15, -0.1) is 0 Å². The first-order valence-electron chi connectivity index (χ1n) is 10.5. The molecular formula is C24H28FN3O2. The third-order valence-corrected chi connectivity index (χ3v) is 6.22. The lowest BCUT2D eigenvalue weighted by Crippen LogP contribution is -2.40. The van der Waals surface area contributed by atoms with E-state index in [1.165, 1.54) is 24.8 Å². The molecule has 1 atom stereocenters. The first kappa shape index (κ1) is 20.7. The molecule has 0 radical (unpaired) electrons. The number of hydrogen-bond acceptors (Lipinski definition) is 5. The number of likely N-dealkylation sites (tertiary alicyclic amines) is 1. The molecule has 2 aromatic rings. The zero-order valence-corrected chi connectivity index (χ0v) is 17.3. The second kappa shape index (κ2) is 9.49. The van der Waals surface area contributed by atoms with Crippen molar-refractivity contribution in [1.29, 1.82) is 0 Å². The predicted molar refractivity (Wildman–Crippen MR) is 115 cm³/mol. The molecule has 2 aromatic carbocycles. The molecule has 0 amide bonds. The normalized spacial score (nSPS) is 20.9. The number of hydrogen-bond donors (Lipinski definition) is 0. The molecule has 0 spiro atoms. The molecule has 0 bridgehead atoms. The topological polar surface area (TPSA) is 45.1 Å². The van der Waals surface area contributed by atoms with Crippen LogP contribution in [0, 0.1) is 11.7 Å². The number of carbonyl (C=O) groups is 1. The van der Waals surface area contributed by atoms with E-state index >= 15 is 0 Å². The summed E-state index contributed by atoms with van der Waals surface area (Å²) in [6, 6.07) is 14.5. The van der Waals surface area contributed by atoms with E-state index < -0.39 is 0 Å². The molecular weight excluding hydrogens is 381 g/mol. The largest absolute Gasteiger partial charge is 0.399 e. The lowest BCUT2D eigenvalue weighted by Gasteiger charge is -2.34. The highest BCUT2D eigenvalue weighted by Crippen LogP contribution is 2.34. The molecule has 0 saturated carbocycles. The molecule has 1 fully saturated rings. The maximum atomic E-state index is 13.2. The molecule has 30 heavy (non-hydrogen) atoms. The number of benzene rings is 2. The number of fused-ring (bicyclic) bond motifs is 1. The minimum atomic E-state index is -0.256. The van der Waals surface area contributed by atoms with Crippen molar-refractivity contribution < 1.29 is 14.0 Å². The van der Waals surface area contributed by atoms with E-state index in [0.29, 0.717) is 12.5 Å². The monoisotopic (exact) mass is 409 g/mol. The molecule has 0 N–H and O–H groups in total. The van der Waals surface area contributed by atoms with E-state index in [4.69, 9.17) is 4.84 Å². The lowest BCUT2D eigenvalue weighted by molar-refractivity contribution is -0.112. The Morgan fingerprint density at radius 2 is 1.90 bits per heavy atom. The summed E-state index contributed by atoms with van der Waals surface area (Å²) in [5.41, 5.74) is 4.12. The Kier molecular flexibility index (Phi) is 6.55. The first-order chi connectivity index (χ1) is 14.7. The van der Waals surface area contributed by atoms with Gasteiger partial charge < -0.3 is 9.63 Å². The van der Waals surface area contributed by atoms with Gasteiger partial charge in [-0.1, -0.05) is 41.6 Å². The summed E-state index contributed by atoms with van der Waals surface area (Å²) in [7, 11) is 1.53. The summed E-state index contributed by atoms with van der Waals surface area (Å²) < 4.78 is 13.2. The van der Waals surface area contributed by atoms with Gasteiger partial charge in [-0.05, 0) is 55.1 Å². The fourth-order valence-electron chi connectivity index (χ4n) is 4.61. The van der Waals surface area contributed by atoms with Crippen molar-refractivity contribution in [2.45, 2.75) is 25.4 Å². The van der Waals surface area contributed by atoms with E-state index in [9.17, 15) is 9.18 Å². The van der Waals surface area contributed by atoms with Gasteiger partial charge in [0.15, 0.2) is 0 Å². The molecule has 0 aromatic heterocycles. The van der Waals surface area contributed by atoms with Crippen molar-refractivity contribution >= 4 is 12.0 Å². The van der Waals surface area contributed by atoms with Crippen LogP contribution < -0.4 is 0 Å². The van der Waals surface area contributed by atoms with Gasteiger partial charge in [0.1, 0.15) is 24.9 Å². The Bertz CT molecular complexity index is 892. The molecule has 1 saturated heterocycles. The second-order valence-electron chi connectivity index (χ2n) is 8.16. The van der Waals surface area contributed by atoms with E-state index in [-0.39, 0.29) is 11.9 Å². The molecule has 5 nitrogen and oxygen atoms in total. The maximum absolute atomic E-state index is 13.2. The van der Waals surface area contributed by atoms with Crippen LogP contribution in [-0.2, 0) is 16.2 Å². The molecule has 2 aliphatic rings. The van der Waals surface area contributed by atoms with Crippen LogP contribution in [0.15, 0.2) is 53.7 Å². The number of piperidine rings is 1. The van der Waals surface area contributed by atoms with Crippen molar-refractivity contribution in [3.05, 3.63) is 71.0 Å². The Labute approximate surface area is 177 Å². The van der Waals surface area contributed by atoms with E-state index in [2.05, 4.69) is 27.1 Å². The minimum absolute atomic E-state index is 0.113. The summed E-state index contributed by atoms with van der Waals surface area (Å²) in [5.74, 6) is 0.320. The number of aldehydes is 1. The van der Waals surface area contributed by atoms with Crippen LogP contribution in [0.25, 0.3) is 0 Å². The second-order valence-corrected chi connectivity index (χ2v) is 8.16. The Morgan fingerprint density at radius 3 is 2.60 bits per heavy atom. The van der Waals surface area contributed by atoms with Crippen molar-refractivity contribution in [3.8, 4) is 0 Å². The fraction of sp³-hybridized carbons (Fsp3) is 0.417. The summed E-state index contributed by atoms with van der Waals surface area (Å²) >= 11 is 0. The molecule has 4 rings (SSSR count). The lowest BCUT2D eigenvalue weighted by atomic mass is 9.95. The average molecular weight is 410 g/mol. The highest BCUT2D eigenvalue weighted by Gasteiger charge is 2.32. The molecule has 2 heterocycles. The SMILES string of the molecule is CO/N=C(\CN1CCC(CN2Cc3ccccc3C2C=O)CC1)c1ccc(F)cc1. The van der Waals surface area contributed by atoms with Crippen LogP contribution >= 0.6 is 0 Å². The molecule has 6 heteroatoms. The fourth-order valence-corrected chi connectivity index (χ4v) is 4.61. The standard InChI is InChI=1S/C24H28FN3O2/c1-30-26-23(19-6-8-21(25)9-7-19)16-27-12-10-18(11-13-27)14-28-15-20-4-2-3-5-22(20)24(28)17-29/h2-9,17-18,24H,10-16H2,1H3/b26-23+. The van der Waals surface area contributed by atoms with Crippen LogP contribution in [0.4, 0.5) is 4.39 Å². The summed E-state index contributed by atoms with van der Waals surface area (Å²) in [6.45, 7) is 4.43. The molecule has 2 aliphatic heterocycles.